The van der Waals surface area contributed by atoms with Crippen LogP contribution in [0.1, 0.15) is 12.5 Å². The molecule has 8 heteroatoms. The summed E-state index contributed by atoms with van der Waals surface area (Å²) in [5, 5.41) is 9.74. The Kier molecular flexibility index (Phi) is 4.52. The number of anilines is 2. The van der Waals surface area contributed by atoms with Crippen LogP contribution in [-0.4, -0.2) is 28.7 Å². The van der Waals surface area contributed by atoms with E-state index in [9.17, 15) is 14.0 Å². The largest absolute Gasteiger partial charge is 0.496 e. The Bertz CT molecular complexity index is 1060. The van der Waals surface area contributed by atoms with Crippen LogP contribution in [0.4, 0.5) is 15.9 Å². The van der Waals surface area contributed by atoms with Crippen LogP contribution in [0, 0.1) is 5.82 Å². The van der Waals surface area contributed by atoms with Gasteiger partial charge in [-0.3, -0.25) is 9.59 Å². The fraction of sp³-hybridized carbons (Fsp3) is 0.150. The highest BCUT2D eigenvalue weighted by atomic mass is 19.1. The molecule has 2 amide bonds. The van der Waals surface area contributed by atoms with Crippen LogP contribution in [0.3, 0.4) is 0 Å². The lowest BCUT2D eigenvalue weighted by molar-refractivity contribution is -0.125. The Morgan fingerprint density at radius 2 is 2.07 bits per heavy atom. The van der Waals surface area contributed by atoms with Gasteiger partial charge in [0.05, 0.1) is 19.7 Å². The highest BCUT2D eigenvalue weighted by Crippen LogP contribution is 2.38. The molecule has 0 saturated heterocycles. The van der Waals surface area contributed by atoms with Gasteiger partial charge in [-0.1, -0.05) is 24.3 Å². The van der Waals surface area contributed by atoms with Gasteiger partial charge in [0.1, 0.15) is 23.4 Å². The molecule has 2 N–H and O–H groups in total. The Labute approximate surface area is 160 Å². The minimum absolute atomic E-state index is 0.0683. The van der Waals surface area contributed by atoms with Gasteiger partial charge in [0.25, 0.3) is 0 Å². The molecule has 7 nitrogen and oxygen atoms in total. The van der Waals surface area contributed by atoms with Crippen LogP contribution >= 0.6 is 0 Å². The third-order valence-electron chi connectivity index (χ3n) is 4.52. The van der Waals surface area contributed by atoms with Gasteiger partial charge in [0, 0.05) is 16.8 Å². The summed E-state index contributed by atoms with van der Waals surface area (Å²) in [4.78, 5) is 25.0. The van der Waals surface area contributed by atoms with E-state index >= 15 is 0 Å². The van der Waals surface area contributed by atoms with Crippen molar-refractivity contribution in [2.75, 3.05) is 17.7 Å². The predicted octanol–water partition coefficient (Wildman–Crippen LogP) is 3.22. The quantitative estimate of drug-likeness (QED) is 0.728. The summed E-state index contributed by atoms with van der Waals surface area (Å²) < 4.78 is 20.2. The fourth-order valence-corrected chi connectivity index (χ4v) is 3.23. The number of methoxy groups -OCH3 is 1. The minimum Gasteiger partial charge on any atom is -0.496 e. The lowest BCUT2D eigenvalue weighted by Gasteiger charge is -2.24. The van der Waals surface area contributed by atoms with Gasteiger partial charge in [-0.2, -0.15) is 5.10 Å². The second kappa shape index (κ2) is 7.15. The van der Waals surface area contributed by atoms with Crippen molar-refractivity contribution in [3.8, 4) is 16.9 Å². The fourth-order valence-electron chi connectivity index (χ4n) is 3.23. The number of nitrogens with zero attached hydrogens (tertiary/aromatic N) is 2. The summed E-state index contributed by atoms with van der Waals surface area (Å²) in [5.74, 6) is -0.170. The zero-order chi connectivity index (χ0) is 19.7. The molecule has 1 atom stereocenters. The zero-order valence-corrected chi connectivity index (χ0v) is 15.0. The molecule has 0 unspecified atom stereocenters. The number of hydrogen-bond donors (Lipinski definition) is 2. The molecule has 0 spiro atoms. The maximum atomic E-state index is 13.4. The Balaban J connectivity index is 1.69. The van der Waals surface area contributed by atoms with E-state index in [1.165, 1.54) is 22.9 Å². The number of amides is 2. The van der Waals surface area contributed by atoms with Gasteiger partial charge >= 0.3 is 0 Å². The minimum atomic E-state index is -0.851. The molecule has 3 aromatic rings. The number of fused-ring (bicyclic) bond motifs is 1. The van der Waals surface area contributed by atoms with Crippen molar-refractivity contribution < 1.29 is 18.7 Å². The first-order valence-electron chi connectivity index (χ1n) is 8.64. The summed E-state index contributed by atoms with van der Waals surface area (Å²) in [6.45, 7) is 0. The molecular weight excluding hydrogens is 363 g/mol. The first-order valence-corrected chi connectivity index (χ1v) is 8.64. The van der Waals surface area contributed by atoms with Gasteiger partial charge in [-0.15, -0.1) is 0 Å². The van der Waals surface area contributed by atoms with E-state index in [1.807, 2.05) is 18.2 Å². The second-order valence-corrected chi connectivity index (χ2v) is 6.32. The third-order valence-corrected chi connectivity index (χ3v) is 4.52. The third kappa shape index (κ3) is 3.20. The normalized spacial score (nSPS) is 15.5. The van der Waals surface area contributed by atoms with Crippen molar-refractivity contribution in [2.45, 2.75) is 12.5 Å². The lowest BCUT2D eigenvalue weighted by Crippen LogP contribution is -2.35. The van der Waals surface area contributed by atoms with Crippen molar-refractivity contribution in [3.63, 3.8) is 0 Å². The Morgan fingerprint density at radius 3 is 2.86 bits per heavy atom. The van der Waals surface area contributed by atoms with Crippen LogP contribution in [0.25, 0.3) is 11.1 Å². The lowest BCUT2D eigenvalue weighted by atomic mass is 10.1. The molecular formula is C20H17FN4O3. The number of halogens is 1. The number of benzene rings is 2. The molecule has 1 aliphatic heterocycles. The summed E-state index contributed by atoms with van der Waals surface area (Å²) in [6.07, 6.45) is 1.52. The number of carbonyl (C=O) groups excluding carboxylic acids is 2. The SMILES string of the molecule is COc1ccccc1-c1cnn2c1NC(=O)C[C@@H]2C(=O)Nc1cccc(F)c1. The number of hydrogen-bond acceptors (Lipinski definition) is 4. The van der Waals surface area contributed by atoms with Crippen molar-refractivity contribution in [2.24, 2.45) is 0 Å². The van der Waals surface area contributed by atoms with Gasteiger partial charge in [0.15, 0.2) is 0 Å². The molecule has 142 valence electrons. The van der Waals surface area contributed by atoms with Crippen molar-refractivity contribution in [3.05, 3.63) is 60.5 Å². The monoisotopic (exact) mass is 380 g/mol. The van der Waals surface area contributed by atoms with Gasteiger partial charge in [0.2, 0.25) is 11.8 Å². The van der Waals surface area contributed by atoms with Crippen LogP contribution in [-0.2, 0) is 9.59 Å². The van der Waals surface area contributed by atoms with E-state index in [0.29, 0.717) is 22.8 Å². The average Bonchev–Trinajstić information content (AvgIpc) is 3.10. The number of rotatable bonds is 4. The molecule has 0 radical (unpaired) electrons. The van der Waals surface area contributed by atoms with Crippen molar-refractivity contribution in [1.82, 2.24) is 9.78 Å². The molecule has 4 rings (SSSR count). The summed E-state index contributed by atoms with van der Waals surface area (Å²) in [6, 6.07) is 12.1. The Hall–Kier alpha value is -3.68. The molecule has 0 aliphatic carbocycles. The molecule has 0 fully saturated rings. The number of ether oxygens (including phenoxy) is 1. The van der Waals surface area contributed by atoms with Crippen LogP contribution in [0.15, 0.2) is 54.7 Å². The second-order valence-electron chi connectivity index (χ2n) is 6.32. The molecule has 1 aromatic heterocycles. The maximum Gasteiger partial charge on any atom is 0.249 e. The zero-order valence-electron chi connectivity index (χ0n) is 15.0. The summed E-state index contributed by atoms with van der Waals surface area (Å²) in [7, 11) is 1.56. The van der Waals surface area contributed by atoms with E-state index in [4.69, 9.17) is 4.74 Å². The van der Waals surface area contributed by atoms with E-state index in [2.05, 4.69) is 15.7 Å². The maximum absolute atomic E-state index is 13.4. The van der Waals surface area contributed by atoms with E-state index in [1.54, 1.807) is 25.4 Å². The van der Waals surface area contributed by atoms with E-state index < -0.39 is 17.8 Å². The smallest absolute Gasteiger partial charge is 0.249 e. The Morgan fingerprint density at radius 1 is 1.25 bits per heavy atom. The van der Waals surface area contributed by atoms with E-state index in [0.717, 1.165) is 5.56 Å². The molecule has 2 heterocycles. The topological polar surface area (TPSA) is 85.2 Å². The van der Waals surface area contributed by atoms with Gasteiger partial charge < -0.3 is 15.4 Å². The van der Waals surface area contributed by atoms with Crippen LogP contribution in [0.2, 0.25) is 0 Å². The molecule has 28 heavy (non-hydrogen) atoms. The standard InChI is InChI=1S/C20H17FN4O3/c1-28-17-8-3-2-7-14(17)15-11-22-25-16(10-18(26)24-19(15)25)20(27)23-13-6-4-5-12(21)9-13/h2-9,11,16H,10H2,1H3,(H,23,27)(H,24,26)/t16-/m1/s1. The van der Waals surface area contributed by atoms with Gasteiger partial charge in [-0.05, 0) is 24.3 Å². The van der Waals surface area contributed by atoms with Gasteiger partial charge in [-0.25, -0.2) is 9.07 Å². The number of para-hydroxylation sites is 1. The van der Waals surface area contributed by atoms with Crippen LogP contribution < -0.4 is 15.4 Å². The van der Waals surface area contributed by atoms with Crippen molar-refractivity contribution >= 4 is 23.3 Å². The summed E-state index contributed by atoms with van der Waals surface area (Å²) >= 11 is 0. The highest BCUT2D eigenvalue weighted by molar-refractivity contribution is 6.03. The van der Waals surface area contributed by atoms with Crippen LogP contribution in [0.5, 0.6) is 5.75 Å². The highest BCUT2D eigenvalue weighted by Gasteiger charge is 2.33. The number of carbonyl (C=O) groups is 2. The van der Waals surface area contributed by atoms with Crippen molar-refractivity contribution in [1.29, 1.82) is 0 Å². The number of nitrogens with one attached hydrogen (secondary N) is 2. The molecule has 0 bridgehead atoms. The van der Waals surface area contributed by atoms with E-state index in [-0.39, 0.29) is 12.3 Å². The molecule has 1 aliphatic rings. The number of aromatic nitrogens is 2. The average molecular weight is 380 g/mol. The first kappa shape index (κ1) is 17.7. The first-order chi connectivity index (χ1) is 13.6. The molecule has 0 saturated carbocycles. The molecule has 2 aromatic carbocycles. The summed E-state index contributed by atoms with van der Waals surface area (Å²) in [5.41, 5.74) is 1.71. The predicted molar refractivity (Wildman–Crippen MR) is 102 cm³/mol.